The highest BCUT2D eigenvalue weighted by Crippen LogP contribution is 2.39. The number of carboxylic acid groups (broad SMARTS) is 1. The Morgan fingerprint density at radius 1 is 1.02 bits per heavy atom. The number of aliphatic carboxylic acids is 1. The predicted molar refractivity (Wildman–Crippen MR) is 157 cm³/mol. The number of nitrogens with zero attached hydrogens (tertiary/aromatic N) is 2. The second kappa shape index (κ2) is 12.6. The van der Waals surface area contributed by atoms with Gasteiger partial charge in [0.25, 0.3) is 5.91 Å². The summed E-state index contributed by atoms with van der Waals surface area (Å²) in [6.45, 7) is 1.94. The van der Waals surface area contributed by atoms with Gasteiger partial charge in [-0.2, -0.15) is 0 Å². The molecule has 1 saturated carbocycles. The molecular weight excluding hydrogens is 518 g/mol. The van der Waals surface area contributed by atoms with E-state index in [9.17, 15) is 19.5 Å². The van der Waals surface area contributed by atoms with E-state index >= 15 is 0 Å². The average molecular weight is 552 g/mol. The summed E-state index contributed by atoms with van der Waals surface area (Å²) in [7, 11) is 0. The molecule has 1 unspecified atom stereocenters. The van der Waals surface area contributed by atoms with Crippen LogP contribution in [0.4, 0.5) is 5.69 Å². The highest BCUT2D eigenvalue weighted by Gasteiger charge is 2.32. The van der Waals surface area contributed by atoms with Crippen LogP contribution in [0.2, 0.25) is 0 Å². The molecular formula is C33H33N3O5. The summed E-state index contributed by atoms with van der Waals surface area (Å²) in [4.78, 5) is 37.5. The molecule has 8 nitrogen and oxygen atoms in total. The van der Waals surface area contributed by atoms with E-state index in [0.717, 1.165) is 48.4 Å². The maximum absolute atomic E-state index is 13.8. The number of hydrogen-bond acceptors (Lipinski definition) is 5. The fourth-order valence-electron chi connectivity index (χ4n) is 5.59. The van der Waals surface area contributed by atoms with Gasteiger partial charge in [0, 0.05) is 22.9 Å². The third kappa shape index (κ3) is 6.72. The summed E-state index contributed by atoms with van der Waals surface area (Å²) in [6, 6.07) is 24.5. The standard InChI is InChI=1S/C33H33N3O5/c1-22(19-30(38)39)27-13-7-8-14-28(27)34-32(40)31(24-9-5-6-10-24)25-17-15-23(16-18-25)20-36-29(37)21-41-33(35-36)26-11-3-2-4-12-26/h2-4,7-8,11-19,24,31H,5-6,9-10,20-21H2,1H3,(H,34,40)(H,38,39)/b22-19+. The number of benzene rings is 3. The van der Waals surface area contributed by atoms with Gasteiger partial charge in [0.05, 0.1) is 12.5 Å². The molecule has 41 heavy (non-hydrogen) atoms. The van der Waals surface area contributed by atoms with Crippen LogP contribution in [-0.4, -0.2) is 40.4 Å². The monoisotopic (exact) mass is 551 g/mol. The van der Waals surface area contributed by atoms with Gasteiger partial charge >= 0.3 is 5.97 Å². The molecule has 0 bridgehead atoms. The molecule has 2 aliphatic rings. The Morgan fingerprint density at radius 3 is 2.41 bits per heavy atom. The van der Waals surface area contributed by atoms with Crippen molar-refractivity contribution in [2.75, 3.05) is 11.9 Å². The van der Waals surface area contributed by atoms with Crippen LogP contribution in [0.1, 0.15) is 60.8 Å². The zero-order valence-electron chi connectivity index (χ0n) is 23.0. The number of hydrogen-bond donors (Lipinski definition) is 2. The molecule has 8 heteroatoms. The molecule has 1 heterocycles. The molecule has 3 aromatic carbocycles. The Labute approximate surface area is 239 Å². The van der Waals surface area contributed by atoms with Crippen molar-refractivity contribution in [2.45, 2.75) is 45.1 Å². The Balaban J connectivity index is 1.36. The molecule has 5 rings (SSSR count). The molecule has 0 spiro atoms. The first kappa shape index (κ1) is 27.8. The summed E-state index contributed by atoms with van der Waals surface area (Å²) in [5.74, 6) is -1.09. The smallest absolute Gasteiger partial charge is 0.328 e. The minimum absolute atomic E-state index is 0.0711. The van der Waals surface area contributed by atoms with Crippen molar-refractivity contribution in [2.24, 2.45) is 11.0 Å². The molecule has 1 fully saturated rings. The van der Waals surface area contributed by atoms with Crippen LogP contribution in [0.5, 0.6) is 0 Å². The first-order valence-corrected chi connectivity index (χ1v) is 13.9. The van der Waals surface area contributed by atoms with E-state index in [2.05, 4.69) is 10.4 Å². The van der Waals surface area contributed by atoms with Gasteiger partial charge in [-0.1, -0.05) is 73.5 Å². The van der Waals surface area contributed by atoms with Gasteiger partial charge in [-0.15, -0.1) is 5.10 Å². The number of hydrazone groups is 1. The van der Waals surface area contributed by atoms with E-state index in [1.54, 1.807) is 13.0 Å². The molecule has 2 amide bonds. The van der Waals surface area contributed by atoms with Crippen LogP contribution in [0.3, 0.4) is 0 Å². The van der Waals surface area contributed by atoms with Crippen molar-refractivity contribution in [3.05, 3.63) is 107 Å². The van der Waals surface area contributed by atoms with Gasteiger partial charge in [-0.3, -0.25) is 9.59 Å². The zero-order chi connectivity index (χ0) is 28.8. The molecule has 0 radical (unpaired) electrons. The minimum Gasteiger partial charge on any atom is -0.478 e. The van der Waals surface area contributed by atoms with E-state index < -0.39 is 5.97 Å². The number of carbonyl (C=O) groups excluding carboxylic acids is 2. The second-order valence-electron chi connectivity index (χ2n) is 10.5. The largest absolute Gasteiger partial charge is 0.478 e. The Morgan fingerprint density at radius 2 is 1.71 bits per heavy atom. The Hall–Kier alpha value is -4.72. The third-order valence-corrected chi connectivity index (χ3v) is 7.63. The van der Waals surface area contributed by atoms with E-state index in [0.29, 0.717) is 29.3 Å². The first-order valence-electron chi connectivity index (χ1n) is 13.9. The number of anilines is 1. The summed E-state index contributed by atoms with van der Waals surface area (Å²) in [5.41, 5.74) is 4.44. The first-order chi connectivity index (χ1) is 19.9. The van der Waals surface area contributed by atoms with Crippen molar-refractivity contribution < 1.29 is 24.2 Å². The minimum atomic E-state index is -1.03. The lowest BCUT2D eigenvalue weighted by Gasteiger charge is -2.25. The number of nitrogens with one attached hydrogen (secondary N) is 1. The molecule has 210 valence electrons. The SMILES string of the molecule is C/C(=C\C(=O)O)c1ccccc1NC(=O)C(c1ccc(CN2N=C(c3ccccc3)OCC2=O)cc1)C1CCCC1. The van der Waals surface area contributed by atoms with Crippen LogP contribution in [0.15, 0.2) is 90.0 Å². The van der Waals surface area contributed by atoms with Gasteiger partial charge in [-0.05, 0) is 60.6 Å². The lowest BCUT2D eigenvalue weighted by atomic mass is 9.83. The van der Waals surface area contributed by atoms with E-state index in [1.165, 1.54) is 5.01 Å². The average Bonchev–Trinajstić information content (AvgIpc) is 3.50. The van der Waals surface area contributed by atoms with Crippen molar-refractivity contribution in [1.29, 1.82) is 0 Å². The number of rotatable bonds is 9. The molecule has 0 aromatic heterocycles. The van der Waals surface area contributed by atoms with Crippen LogP contribution < -0.4 is 5.32 Å². The number of carbonyl (C=O) groups is 3. The predicted octanol–water partition coefficient (Wildman–Crippen LogP) is 5.81. The quantitative estimate of drug-likeness (QED) is 0.327. The van der Waals surface area contributed by atoms with E-state index in [1.807, 2.05) is 72.8 Å². The normalized spacial score (nSPS) is 16.6. The molecule has 2 N–H and O–H groups in total. The lowest BCUT2D eigenvalue weighted by molar-refractivity contribution is -0.136. The maximum Gasteiger partial charge on any atom is 0.328 e. The summed E-state index contributed by atoms with van der Waals surface area (Å²) in [5, 5.41) is 18.2. The van der Waals surface area contributed by atoms with Crippen LogP contribution >= 0.6 is 0 Å². The van der Waals surface area contributed by atoms with Crippen LogP contribution in [-0.2, 0) is 25.7 Å². The third-order valence-electron chi connectivity index (χ3n) is 7.63. The highest BCUT2D eigenvalue weighted by atomic mass is 16.5. The molecule has 3 aromatic rings. The van der Waals surface area contributed by atoms with Gasteiger partial charge in [0.1, 0.15) is 0 Å². The Kier molecular flexibility index (Phi) is 8.58. The number of carboxylic acids is 1. The number of allylic oxidation sites excluding steroid dienone is 1. The maximum atomic E-state index is 13.8. The molecule has 1 aliphatic carbocycles. The Bertz CT molecular complexity index is 1470. The van der Waals surface area contributed by atoms with Gasteiger partial charge < -0.3 is 15.2 Å². The van der Waals surface area contributed by atoms with E-state index in [4.69, 9.17) is 4.74 Å². The van der Waals surface area contributed by atoms with Crippen LogP contribution in [0, 0.1) is 5.92 Å². The molecule has 1 atom stereocenters. The van der Waals surface area contributed by atoms with Crippen molar-refractivity contribution in [3.8, 4) is 0 Å². The molecule has 1 aliphatic heterocycles. The van der Waals surface area contributed by atoms with Crippen molar-refractivity contribution >= 4 is 34.9 Å². The number of para-hydroxylation sites is 1. The van der Waals surface area contributed by atoms with E-state index in [-0.39, 0.29) is 30.3 Å². The summed E-state index contributed by atoms with van der Waals surface area (Å²) >= 11 is 0. The highest BCUT2D eigenvalue weighted by molar-refractivity contribution is 6.00. The molecule has 0 saturated heterocycles. The van der Waals surface area contributed by atoms with Crippen molar-refractivity contribution in [3.63, 3.8) is 0 Å². The number of ether oxygens (including phenoxy) is 1. The topological polar surface area (TPSA) is 108 Å². The lowest BCUT2D eigenvalue weighted by Crippen LogP contribution is -2.36. The fraction of sp³-hybridized carbons (Fsp3) is 0.273. The second-order valence-corrected chi connectivity index (χ2v) is 10.5. The van der Waals surface area contributed by atoms with Gasteiger partial charge in [0.2, 0.25) is 11.8 Å². The zero-order valence-corrected chi connectivity index (χ0v) is 23.0. The number of amides is 2. The van der Waals surface area contributed by atoms with Crippen LogP contribution in [0.25, 0.3) is 5.57 Å². The summed E-state index contributed by atoms with van der Waals surface area (Å²) < 4.78 is 5.55. The van der Waals surface area contributed by atoms with Gasteiger partial charge in [0.15, 0.2) is 6.61 Å². The fourth-order valence-corrected chi connectivity index (χ4v) is 5.59. The van der Waals surface area contributed by atoms with Gasteiger partial charge in [-0.25, -0.2) is 9.80 Å². The summed E-state index contributed by atoms with van der Waals surface area (Å²) in [6.07, 6.45) is 5.26. The van der Waals surface area contributed by atoms with Crippen molar-refractivity contribution in [1.82, 2.24) is 5.01 Å².